The van der Waals surface area contributed by atoms with Gasteiger partial charge in [-0.3, -0.25) is 4.79 Å². The molecule has 3 nitrogen and oxygen atoms in total. The van der Waals surface area contributed by atoms with E-state index in [9.17, 15) is 4.79 Å². The van der Waals surface area contributed by atoms with E-state index in [2.05, 4.69) is 19.6 Å². The van der Waals surface area contributed by atoms with Gasteiger partial charge in [-0.25, -0.2) is 0 Å². The van der Waals surface area contributed by atoms with Crippen molar-refractivity contribution >= 4 is 18.5 Å². The van der Waals surface area contributed by atoms with Crippen LogP contribution in [0.15, 0.2) is 24.3 Å². The maximum atomic E-state index is 12.0. The zero-order valence-electron chi connectivity index (χ0n) is 10.8. The molecule has 98 valence electrons. The lowest BCUT2D eigenvalue weighted by Crippen LogP contribution is -2.28. The molecule has 1 aliphatic heterocycles. The van der Waals surface area contributed by atoms with Gasteiger partial charge in [-0.05, 0) is 24.7 Å². The van der Waals surface area contributed by atoms with Gasteiger partial charge >= 0.3 is 0 Å². The van der Waals surface area contributed by atoms with E-state index in [0.717, 1.165) is 23.6 Å². The lowest BCUT2D eigenvalue weighted by molar-refractivity contribution is -0.129. The number of rotatable bonds is 4. The fourth-order valence-corrected chi connectivity index (χ4v) is 2.73. The number of carbonyl (C=O) groups is 1. The lowest BCUT2D eigenvalue weighted by Gasteiger charge is -2.26. The number of ether oxygens (including phenoxy) is 1. The molecule has 2 rings (SSSR count). The van der Waals surface area contributed by atoms with Gasteiger partial charge in [0.2, 0.25) is 5.91 Å². The number of amides is 1. The predicted octanol–water partition coefficient (Wildman–Crippen LogP) is 2.53. The molecule has 0 bridgehead atoms. The SMILES string of the molecule is COc1ccccc1C(C)N1CC(CS)CC1=O. The molecule has 1 saturated heterocycles. The number of thiol groups is 1. The summed E-state index contributed by atoms with van der Waals surface area (Å²) in [4.78, 5) is 13.9. The quantitative estimate of drug-likeness (QED) is 0.848. The van der Waals surface area contributed by atoms with Crippen molar-refractivity contribution in [1.29, 1.82) is 0 Å². The van der Waals surface area contributed by atoms with E-state index < -0.39 is 0 Å². The summed E-state index contributed by atoms with van der Waals surface area (Å²) in [7, 11) is 1.66. The fraction of sp³-hybridized carbons (Fsp3) is 0.500. The van der Waals surface area contributed by atoms with E-state index in [-0.39, 0.29) is 11.9 Å². The van der Waals surface area contributed by atoms with Crippen LogP contribution in [0.3, 0.4) is 0 Å². The molecule has 1 amide bonds. The van der Waals surface area contributed by atoms with E-state index in [4.69, 9.17) is 4.74 Å². The highest BCUT2D eigenvalue weighted by Crippen LogP contribution is 2.33. The summed E-state index contributed by atoms with van der Waals surface area (Å²) >= 11 is 4.29. The molecule has 0 saturated carbocycles. The maximum Gasteiger partial charge on any atom is 0.223 e. The van der Waals surface area contributed by atoms with Crippen LogP contribution in [0, 0.1) is 5.92 Å². The molecular formula is C14H19NO2S. The summed E-state index contributed by atoms with van der Waals surface area (Å²) in [5, 5.41) is 0. The van der Waals surface area contributed by atoms with Crippen molar-refractivity contribution < 1.29 is 9.53 Å². The van der Waals surface area contributed by atoms with Crippen LogP contribution in [0.2, 0.25) is 0 Å². The Hall–Kier alpha value is -1.16. The number of methoxy groups -OCH3 is 1. The first-order chi connectivity index (χ1) is 8.67. The molecule has 0 N–H and O–H groups in total. The summed E-state index contributed by atoms with van der Waals surface area (Å²) < 4.78 is 5.36. The number of hydrogen-bond donors (Lipinski definition) is 1. The van der Waals surface area contributed by atoms with Gasteiger partial charge in [0, 0.05) is 18.5 Å². The molecule has 1 heterocycles. The normalized spacial score (nSPS) is 21.2. The van der Waals surface area contributed by atoms with E-state index >= 15 is 0 Å². The van der Waals surface area contributed by atoms with Crippen LogP contribution < -0.4 is 4.74 Å². The third-order valence-electron chi connectivity index (χ3n) is 3.55. The van der Waals surface area contributed by atoms with Crippen molar-refractivity contribution in [3.8, 4) is 5.75 Å². The molecule has 0 aliphatic carbocycles. The summed E-state index contributed by atoms with van der Waals surface area (Å²) in [5.41, 5.74) is 1.06. The van der Waals surface area contributed by atoms with Gasteiger partial charge in [0.25, 0.3) is 0 Å². The summed E-state index contributed by atoms with van der Waals surface area (Å²) in [6.07, 6.45) is 0.614. The number of hydrogen-bond acceptors (Lipinski definition) is 3. The molecule has 0 radical (unpaired) electrons. The zero-order valence-corrected chi connectivity index (χ0v) is 11.7. The topological polar surface area (TPSA) is 29.5 Å². The number of nitrogens with zero attached hydrogens (tertiary/aromatic N) is 1. The van der Waals surface area contributed by atoms with Crippen molar-refractivity contribution in [2.45, 2.75) is 19.4 Å². The standard InChI is InChI=1S/C14H19NO2S/c1-10(12-5-3-4-6-13(12)17-2)15-8-11(9-18)7-14(15)16/h3-6,10-11,18H,7-9H2,1-2H3. The smallest absolute Gasteiger partial charge is 0.223 e. The second kappa shape index (κ2) is 5.65. The minimum Gasteiger partial charge on any atom is -0.496 e. The molecule has 1 fully saturated rings. The Morgan fingerprint density at radius 3 is 2.83 bits per heavy atom. The molecule has 2 atom stereocenters. The molecule has 1 aromatic rings. The molecular weight excluding hydrogens is 246 g/mol. The van der Waals surface area contributed by atoms with E-state index in [1.807, 2.05) is 29.2 Å². The van der Waals surface area contributed by atoms with E-state index in [1.54, 1.807) is 7.11 Å². The minimum atomic E-state index is 0.0542. The number of likely N-dealkylation sites (tertiary alicyclic amines) is 1. The Morgan fingerprint density at radius 1 is 1.50 bits per heavy atom. The van der Waals surface area contributed by atoms with Crippen molar-refractivity contribution in [2.24, 2.45) is 5.92 Å². The first-order valence-corrected chi connectivity index (χ1v) is 6.83. The monoisotopic (exact) mass is 265 g/mol. The Bertz CT molecular complexity index is 436. The third kappa shape index (κ3) is 2.48. The first-order valence-electron chi connectivity index (χ1n) is 6.20. The van der Waals surface area contributed by atoms with Crippen molar-refractivity contribution in [3.05, 3.63) is 29.8 Å². The van der Waals surface area contributed by atoms with Gasteiger partial charge in [-0.15, -0.1) is 0 Å². The van der Waals surface area contributed by atoms with Gasteiger partial charge in [-0.2, -0.15) is 12.6 Å². The number of carbonyl (C=O) groups excluding carboxylic acids is 1. The van der Waals surface area contributed by atoms with E-state index in [0.29, 0.717) is 12.3 Å². The first kappa shape index (κ1) is 13.3. The van der Waals surface area contributed by atoms with Crippen LogP contribution in [0.25, 0.3) is 0 Å². The van der Waals surface area contributed by atoms with Crippen LogP contribution in [-0.4, -0.2) is 30.2 Å². The molecule has 4 heteroatoms. The molecule has 0 spiro atoms. The highest BCUT2D eigenvalue weighted by Gasteiger charge is 2.33. The Kier molecular flexibility index (Phi) is 4.17. The molecule has 18 heavy (non-hydrogen) atoms. The maximum absolute atomic E-state index is 12.0. The molecule has 2 unspecified atom stereocenters. The fourth-order valence-electron chi connectivity index (χ4n) is 2.48. The largest absolute Gasteiger partial charge is 0.496 e. The second-order valence-electron chi connectivity index (χ2n) is 4.72. The van der Waals surface area contributed by atoms with Gasteiger partial charge < -0.3 is 9.64 Å². The number of benzene rings is 1. The minimum absolute atomic E-state index is 0.0542. The summed E-state index contributed by atoms with van der Waals surface area (Å²) in [5.74, 6) is 2.19. The van der Waals surface area contributed by atoms with Crippen molar-refractivity contribution in [1.82, 2.24) is 4.90 Å². The zero-order chi connectivity index (χ0) is 13.1. The van der Waals surface area contributed by atoms with Crippen molar-refractivity contribution in [2.75, 3.05) is 19.4 Å². The average Bonchev–Trinajstić information content (AvgIpc) is 2.79. The van der Waals surface area contributed by atoms with Crippen LogP contribution in [-0.2, 0) is 4.79 Å². The van der Waals surface area contributed by atoms with E-state index in [1.165, 1.54) is 0 Å². The molecule has 0 aromatic heterocycles. The highest BCUT2D eigenvalue weighted by atomic mass is 32.1. The predicted molar refractivity (Wildman–Crippen MR) is 75.1 cm³/mol. The van der Waals surface area contributed by atoms with Gasteiger partial charge in [0.1, 0.15) is 5.75 Å². The Balaban J connectivity index is 2.21. The Morgan fingerprint density at radius 2 is 2.22 bits per heavy atom. The summed E-state index contributed by atoms with van der Waals surface area (Å²) in [6.45, 7) is 2.85. The Labute approximate surface area is 114 Å². The van der Waals surface area contributed by atoms with Crippen LogP contribution in [0.4, 0.5) is 0 Å². The second-order valence-corrected chi connectivity index (χ2v) is 5.08. The lowest BCUT2D eigenvalue weighted by atomic mass is 10.1. The van der Waals surface area contributed by atoms with Crippen LogP contribution in [0.1, 0.15) is 24.9 Å². The van der Waals surface area contributed by atoms with Gasteiger partial charge in [0.05, 0.1) is 13.2 Å². The molecule has 1 aromatic carbocycles. The summed E-state index contributed by atoms with van der Waals surface area (Å²) in [6, 6.07) is 7.92. The number of para-hydroxylation sites is 1. The van der Waals surface area contributed by atoms with Crippen LogP contribution >= 0.6 is 12.6 Å². The van der Waals surface area contributed by atoms with Crippen molar-refractivity contribution in [3.63, 3.8) is 0 Å². The molecule has 1 aliphatic rings. The third-order valence-corrected chi connectivity index (χ3v) is 4.07. The average molecular weight is 265 g/mol. The van der Waals surface area contributed by atoms with Gasteiger partial charge in [0.15, 0.2) is 0 Å². The van der Waals surface area contributed by atoms with Crippen LogP contribution in [0.5, 0.6) is 5.75 Å². The highest BCUT2D eigenvalue weighted by molar-refractivity contribution is 7.80. The van der Waals surface area contributed by atoms with Gasteiger partial charge in [-0.1, -0.05) is 18.2 Å².